The van der Waals surface area contributed by atoms with Gasteiger partial charge >= 0.3 is 0 Å². The summed E-state index contributed by atoms with van der Waals surface area (Å²) in [5.74, 6) is 0.403. The second kappa shape index (κ2) is 4.53. The third kappa shape index (κ3) is 2.81. The zero-order valence-electron chi connectivity index (χ0n) is 9.55. The third-order valence-electron chi connectivity index (χ3n) is 2.92. The van der Waals surface area contributed by atoms with Crippen LogP contribution < -0.4 is 5.32 Å². The summed E-state index contributed by atoms with van der Waals surface area (Å²) in [6.45, 7) is 1.49. The molecule has 1 atom stereocenters. The van der Waals surface area contributed by atoms with Crippen molar-refractivity contribution in [2.45, 2.75) is 25.8 Å². The average molecular weight is 234 g/mol. The predicted octanol–water partition coefficient (Wildman–Crippen LogP) is 2.18. The number of amides is 1. The van der Waals surface area contributed by atoms with Gasteiger partial charge in [-0.15, -0.1) is 0 Å². The highest BCUT2D eigenvalue weighted by Crippen LogP contribution is 2.41. The lowest BCUT2D eigenvalue weighted by Gasteiger charge is -2.17. The van der Waals surface area contributed by atoms with E-state index in [2.05, 4.69) is 5.32 Å². The van der Waals surface area contributed by atoms with Crippen molar-refractivity contribution in [3.8, 4) is 0 Å². The van der Waals surface area contributed by atoms with E-state index in [0.29, 0.717) is 5.92 Å². The maximum absolute atomic E-state index is 11.1. The van der Waals surface area contributed by atoms with E-state index in [1.807, 2.05) is 0 Å². The van der Waals surface area contributed by atoms with E-state index in [0.717, 1.165) is 18.4 Å². The van der Waals surface area contributed by atoms with Crippen molar-refractivity contribution >= 4 is 11.6 Å². The maximum Gasteiger partial charge on any atom is 0.269 e. The van der Waals surface area contributed by atoms with Crippen molar-refractivity contribution in [2.24, 2.45) is 5.92 Å². The second-order valence-electron chi connectivity index (χ2n) is 4.36. The molecule has 1 aliphatic carbocycles. The van der Waals surface area contributed by atoms with Gasteiger partial charge in [0, 0.05) is 19.1 Å². The van der Waals surface area contributed by atoms with E-state index in [9.17, 15) is 14.9 Å². The number of carbonyl (C=O) groups is 1. The Morgan fingerprint density at radius 1 is 1.41 bits per heavy atom. The fourth-order valence-corrected chi connectivity index (χ4v) is 1.93. The van der Waals surface area contributed by atoms with Crippen LogP contribution in [-0.2, 0) is 4.79 Å². The number of non-ortho nitro benzene ring substituents is 1. The molecule has 1 unspecified atom stereocenters. The SMILES string of the molecule is CC(=O)NC(c1ccc([N+](=O)[O-])cc1)C1CC1. The molecule has 1 amide bonds. The lowest BCUT2D eigenvalue weighted by Crippen LogP contribution is -2.27. The van der Waals surface area contributed by atoms with Gasteiger partial charge in [0.25, 0.3) is 5.69 Å². The highest BCUT2D eigenvalue weighted by atomic mass is 16.6. The minimum Gasteiger partial charge on any atom is -0.349 e. The number of hydrogen-bond donors (Lipinski definition) is 1. The Balaban J connectivity index is 2.18. The van der Waals surface area contributed by atoms with Gasteiger partial charge in [-0.05, 0) is 24.3 Å². The molecule has 1 N–H and O–H groups in total. The van der Waals surface area contributed by atoms with Gasteiger partial charge in [0.05, 0.1) is 11.0 Å². The molecule has 0 aromatic heterocycles. The number of carbonyl (C=O) groups excluding carboxylic acids is 1. The van der Waals surface area contributed by atoms with Crippen LogP contribution in [-0.4, -0.2) is 10.8 Å². The molecule has 0 saturated heterocycles. The van der Waals surface area contributed by atoms with Crippen LogP contribution in [0.1, 0.15) is 31.4 Å². The van der Waals surface area contributed by atoms with Gasteiger partial charge in [0.15, 0.2) is 0 Å². The van der Waals surface area contributed by atoms with Gasteiger partial charge in [-0.2, -0.15) is 0 Å². The first-order valence-electron chi connectivity index (χ1n) is 5.59. The van der Waals surface area contributed by atoms with Gasteiger partial charge in [-0.3, -0.25) is 14.9 Å². The number of benzene rings is 1. The molecule has 5 heteroatoms. The molecule has 90 valence electrons. The Morgan fingerprint density at radius 3 is 2.41 bits per heavy atom. The van der Waals surface area contributed by atoms with Crippen molar-refractivity contribution in [1.82, 2.24) is 5.32 Å². The van der Waals surface area contributed by atoms with Crippen molar-refractivity contribution in [3.05, 3.63) is 39.9 Å². The van der Waals surface area contributed by atoms with Gasteiger partial charge in [0.2, 0.25) is 5.91 Å². The van der Waals surface area contributed by atoms with Crippen LogP contribution in [0.5, 0.6) is 0 Å². The molecule has 2 rings (SSSR count). The number of nitro groups is 1. The molecule has 1 aromatic rings. The zero-order valence-corrected chi connectivity index (χ0v) is 9.55. The van der Waals surface area contributed by atoms with E-state index < -0.39 is 4.92 Å². The summed E-state index contributed by atoms with van der Waals surface area (Å²) in [5, 5.41) is 13.4. The summed E-state index contributed by atoms with van der Waals surface area (Å²) >= 11 is 0. The maximum atomic E-state index is 11.1. The average Bonchev–Trinajstić information content (AvgIpc) is 3.09. The van der Waals surface area contributed by atoms with Crippen LogP contribution in [0.4, 0.5) is 5.69 Å². The smallest absolute Gasteiger partial charge is 0.269 e. The lowest BCUT2D eigenvalue weighted by molar-refractivity contribution is -0.384. The first-order chi connectivity index (χ1) is 8.08. The van der Waals surface area contributed by atoms with E-state index in [1.54, 1.807) is 12.1 Å². The van der Waals surface area contributed by atoms with Crippen LogP contribution in [0.2, 0.25) is 0 Å². The van der Waals surface area contributed by atoms with Crippen LogP contribution >= 0.6 is 0 Å². The monoisotopic (exact) mass is 234 g/mol. The molecule has 1 aliphatic rings. The summed E-state index contributed by atoms with van der Waals surface area (Å²) in [4.78, 5) is 21.2. The number of nitrogens with zero attached hydrogens (tertiary/aromatic N) is 1. The Kier molecular flexibility index (Phi) is 3.08. The Bertz CT molecular complexity index is 438. The molecule has 1 aromatic carbocycles. The van der Waals surface area contributed by atoms with Crippen LogP contribution in [0.3, 0.4) is 0 Å². The minimum absolute atomic E-state index is 0.00620. The van der Waals surface area contributed by atoms with Crippen LogP contribution in [0.15, 0.2) is 24.3 Å². The number of nitrogens with one attached hydrogen (secondary N) is 1. The van der Waals surface area contributed by atoms with Gasteiger partial charge in [-0.1, -0.05) is 12.1 Å². The molecule has 5 nitrogen and oxygen atoms in total. The molecular weight excluding hydrogens is 220 g/mol. The quantitative estimate of drug-likeness (QED) is 0.641. The second-order valence-corrected chi connectivity index (χ2v) is 4.36. The topological polar surface area (TPSA) is 72.2 Å². The van der Waals surface area contributed by atoms with Crippen LogP contribution in [0, 0.1) is 16.0 Å². The fraction of sp³-hybridized carbons (Fsp3) is 0.417. The molecule has 0 heterocycles. The standard InChI is InChI=1S/C12H14N2O3/c1-8(15)13-12(9-2-3-9)10-4-6-11(7-5-10)14(16)17/h4-7,9,12H,2-3H2,1H3,(H,13,15). The summed E-state index contributed by atoms with van der Waals surface area (Å²) < 4.78 is 0. The van der Waals surface area contributed by atoms with E-state index >= 15 is 0 Å². The molecule has 0 bridgehead atoms. The molecule has 0 spiro atoms. The Hall–Kier alpha value is -1.91. The Labute approximate surface area is 99.0 Å². The van der Waals surface area contributed by atoms with Gasteiger partial charge < -0.3 is 5.32 Å². The largest absolute Gasteiger partial charge is 0.349 e. The molecule has 0 aliphatic heterocycles. The summed E-state index contributed by atoms with van der Waals surface area (Å²) in [6.07, 6.45) is 2.20. The van der Waals surface area contributed by atoms with E-state index in [4.69, 9.17) is 0 Å². The van der Waals surface area contributed by atoms with Crippen molar-refractivity contribution in [3.63, 3.8) is 0 Å². The Morgan fingerprint density at radius 2 is 2.00 bits per heavy atom. The normalized spacial score (nSPS) is 16.3. The molecular formula is C12H14N2O3. The predicted molar refractivity (Wildman–Crippen MR) is 62.4 cm³/mol. The third-order valence-corrected chi connectivity index (χ3v) is 2.92. The fourth-order valence-electron chi connectivity index (χ4n) is 1.93. The van der Waals surface area contributed by atoms with Crippen molar-refractivity contribution in [2.75, 3.05) is 0 Å². The number of hydrogen-bond acceptors (Lipinski definition) is 3. The van der Waals surface area contributed by atoms with Gasteiger partial charge in [-0.25, -0.2) is 0 Å². The molecule has 0 radical (unpaired) electrons. The minimum atomic E-state index is -0.422. The lowest BCUT2D eigenvalue weighted by atomic mass is 10.0. The van der Waals surface area contributed by atoms with Crippen molar-refractivity contribution < 1.29 is 9.72 Å². The summed E-state index contributed by atoms with van der Waals surface area (Å²) in [5.41, 5.74) is 1.01. The molecule has 17 heavy (non-hydrogen) atoms. The van der Waals surface area contributed by atoms with Crippen molar-refractivity contribution in [1.29, 1.82) is 0 Å². The first-order valence-corrected chi connectivity index (χ1v) is 5.59. The summed E-state index contributed by atoms with van der Waals surface area (Å²) in [7, 11) is 0. The van der Waals surface area contributed by atoms with Gasteiger partial charge in [0.1, 0.15) is 0 Å². The highest BCUT2D eigenvalue weighted by Gasteiger charge is 2.32. The highest BCUT2D eigenvalue weighted by molar-refractivity contribution is 5.73. The van der Waals surface area contributed by atoms with E-state index in [-0.39, 0.29) is 17.6 Å². The number of rotatable bonds is 4. The zero-order chi connectivity index (χ0) is 12.4. The summed E-state index contributed by atoms with van der Waals surface area (Å²) in [6, 6.07) is 6.39. The van der Waals surface area contributed by atoms with Crippen LogP contribution in [0.25, 0.3) is 0 Å². The molecule has 1 saturated carbocycles. The molecule has 1 fully saturated rings. The number of nitro benzene ring substituents is 1. The first kappa shape index (κ1) is 11.6. The van der Waals surface area contributed by atoms with E-state index in [1.165, 1.54) is 19.1 Å².